The third kappa shape index (κ3) is 13.5. The highest BCUT2D eigenvalue weighted by molar-refractivity contribution is 8.00. The van der Waals surface area contributed by atoms with Crippen LogP contribution in [0.15, 0.2) is 53.4 Å². The molecule has 0 bridgehead atoms. The molecule has 0 radical (unpaired) electrons. The van der Waals surface area contributed by atoms with E-state index in [9.17, 15) is 18.0 Å². The smallest absolute Gasteiger partial charge is 0.319 e. The Balaban J connectivity index is 1.53. The lowest BCUT2D eigenvalue weighted by atomic mass is 9.83. The van der Waals surface area contributed by atoms with Crippen molar-refractivity contribution in [3.05, 3.63) is 59.7 Å². The molecule has 0 aliphatic heterocycles. The molecule has 45 heavy (non-hydrogen) atoms. The molecule has 250 valence electrons. The minimum Gasteiger partial charge on any atom is -0.328 e. The third-order valence-corrected chi connectivity index (χ3v) is 11.6. The molecule has 1 aliphatic carbocycles. The lowest BCUT2D eigenvalue weighted by molar-refractivity contribution is -0.121. The van der Waals surface area contributed by atoms with E-state index < -0.39 is 21.9 Å². The van der Waals surface area contributed by atoms with Gasteiger partial charge in [0.1, 0.15) is 0 Å². The van der Waals surface area contributed by atoms with E-state index in [1.165, 1.54) is 19.3 Å². The van der Waals surface area contributed by atoms with Gasteiger partial charge in [-0.25, -0.2) is 13.2 Å². The number of Topliss-reactive ketones (excluding diaryl/α,β-unsaturated/α-hetero) is 1. The van der Waals surface area contributed by atoms with Gasteiger partial charge in [-0.05, 0) is 71.7 Å². The summed E-state index contributed by atoms with van der Waals surface area (Å²) in [5.74, 6) is 1.61. The summed E-state index contributed by atoms with van der Waals surface area (Å²) in [7, 11) is -3.51. The summed E-state index contributed by atoms with van der Waals surface area (Å²) < 4.78 is 26.4. The van der Waals surface area contributed by atoms with Gasteiger partial charge in [-0.1, -0.05) is 111 Å². The zero-order valence-electron chi connectivity index (χ0n) is 28.4. The number of ketones is 1. The Labute approximate surface area is 277 Å². The minimum absolute atomic E-state index is 0.0501. The van der Waals surface area contributed by atoms with Crippen molar-refractivity contribution in [2.24, 2.45) is 5.92 Å². The second-order valence-corrected chi connectivity index (χ2v) is 18.6. The average Bonchev–Trinajstić information content (AvgIpc) is 2.96. The zero-order valence-corrected chi connectivity index (χ0v) is 30.0. The maximum absolute atomic E-state index is 13.3. The van der Waals surface area contributed by atoms with Gasteiger partial charge >= 0.3 is 6.03 Å². The van der Waals surface area contributed by atoms with E-state index in [4.69, 9.17) is 0 Å². The molecule has 2 N–H and O–H groups in total. The number of hydrogen-bond acceptors (Lipinski definition) is 5. The number of benzene rings is 2. The van der Waals surface area contributed by atoms with Crippen molar-refractivity contribution in [2.75, 3.05) is 11.1 Å². The first-order valence-electron chi connectivity index (χ1n) is 16.8. The highest BCUT2D eigenvalue weighted by atomic mass is 32.2. The topological polar surface area (TPSA) is 92.3 Å². The van der Waals surface area contributed by atoms with E-state index in [-0.39, 0.29) is 21.7 Å². The van der Waals surface area contributed by atoms with Gasteiger partial charge in [0.05, 0.1) is 16.7 Å². The summed E-state index contributed by atoms with van der Waals surface area (Å²) in [5.41, 5.74) is 2.23. The van der Waals surface area contributed by atoms with Crippen LogP contribution in [-0.2, 0) is 25.8 Å². The molecule has 0 heterocycles. The number of anilines is 1. The number of amides is 2. The summed E-state index contributed by atoms with van der Waals surface area (Å²) >= 11 is 1.98. The van der Waals surface area contributed by atoms with Crippen LogP contribution in [0.1, 0.15) is 123 Å². The van der Waals surface area contributed by atoms with Crippen LogP contribution >= 0.6 is 11.8 Å². The molecule has 6 nitrogen and oxygen atoms in total. The van der Waals surface area contributed by atoms with Gasteiger partial charge in [0.25, 0.3) is 0 Å². The van der Waals surface area contributed by atoms with E-state index in [1.807, 2.05) is 23.9 Å². The van der Waals surface area contributed by atoms with E-state index in [1.54, 1.807) is 36.4 Å². The Morgan fingerprint density at radius 3 is 2.07 bits per heavy atom. The first-order valence-corrected chi connectivity index (χ1v) is 19.4. The Hall–Kier alpha value is -2.32. The third-order valence-electron chi connectivity index (χ3n) is 8.49. The van der Waals surface area contributed by atoms with Gasteiger partial charge in [-0.15, -0.1) is 0 Å². The van der Waals surface area contributed by atoms with Crippen molar-refractivity contribution in [1.82, 2.24) is 5.32 Å². The fourth-order valence-corrected chi connectivity index (χ4v) is 8.12. The second-order valence-electron chi connectivity index (χ2n) is 14.7. The zero-order chi connectivity index (χ0) is 33.1. The van der Waals surface area contributed by atoms with Gasteiger partial charge in [0, 0.05) is 16.9 Å². The first-order chi connectivity index (χ1) is 21.1. The Morgan fingerprint density at radius 2 is 1.47 bits per heavy atom. The summed E-state index contributed by atoms with van der Waals surface area (Å²) in [6, 6.07) is 13.1. The van der Waals surface area contributed by atoms with Crippen LogP contribution in [0.4, 0.5) is 10.5 Å². The lowest BCUT2D eigenvalue weighted by Gasteiger charge is -2.26. The van der Waals surface area contributed by atoms with Crippen LogP contribution in [0.2, 0.25) is 0 Å². The molecule has 0 aromatic heterocycles. The normalized spacial score (nSPS) is 15.4. The summed E-state index contributed by atoms with van der Waals surface area (Å²) in [6.45, 7) is 13.0. The fraction of sp³-hybridized carbons (Fsp3) is 0.622. The van der Waals surface area contributed by atoms with Crippen LogP contribution in [0, 0.1) is 5.92 Å². The van der Waals surface area contributed by atoms with E-state index in [0.29, 0.717) is 34.9 Å². The van der Waals surface area contributed by atoms with E-state index >= 15 is 0 Å². The van der Waals surface area contributed by atoms with Crippen molar-refractivity contribution < 1.29 is 18.0 Å². The Bertz CT molecular complexity index is 1320. The molecule has 1 fully saturated rings. The second kappa shape index (κ2) is 17.0. The number of unbranched alkanes of at least 4 members (excludes halogenated alkanes) is 3. The maximum Gasteiger partial charge on any atom is 0.319 e. The first kappa shape index (κ1) is 37.1. The van der Waals surface area contributed by atoms with Crippen LogP contribution in [-0.4, -0.2) is 36.8 Å². The number of hydrogen-bond donors (Lipinski definition) is 2. The molecule has 2 aromatic carbocycles. The molecule has 1 saturated carbocycles. The van der Waals surface area contributed by atoms with Crippen molar-refractivity contribution in [3.8, 4) is 0 Å². The van der Waals surface area contributed by atoms with Crippen LogP contribution < -0.4 is 10.6 Å². The number of carbonyl (C=O) groups is 2. The van der Waals surface area contributed by atoms with Gasteiger partial charge in [-0.2, -0.15) is 11.8 Å². The summed E-state index contributed by atoms with van der Waals surface area (Å²) in [4.78, 5) is 26.6. The molecule has 8 heteroatoms. The van der Waals surface area contributed by atoms with Gasteiger partial charge in [0.2, 0.25) is 0 Å². The Kier molecular flexibility index (Phi) is 14.0. The highest BCUT2D eigenvalue weighted by Crippen LogP contribution is 2.29. The van der Waals surface area contributed by atoms with Crippen LogP contribution in [0.5, 0.6) is 0 Å². The average molecular weight is 657 g/mol. The molecule has 0 unspecified atom stereocenters. The maximum atomic E-state index is 13.3. The molecule has 2 amide bonds. The predicted octanol–water partition coefficient (Wildman–Crippen LogP) is 9.47. The summed E-state index contributed by atoms with van der Waals surface area (Å²) in [6.07, 6.45) is 11.2. The molecule has 1 atom stereocenters. The van der Waals surface area contributed by atoms with E-state index in [2.05, 4.69) is 52.2 Å². The van der Waals surface area contributed by atoms with Crippen molar-refractivity contribution in [3.63, 3.8) is 0 Å². The Morgan fingerprint density at radius 1 is 0.844 bits per heavy atom. The number of sulfone groups is 1. The summed E-state index contributed by atoms with van der Waals surface area (Å²) in [5, 5.41) is 5.84. The van der Waals surface area contributed by atoms with E-state index in [0.717, 1.165) is 49.8 Å². The highest BCUT2D eigenvalue weighted by Gasteiger charge is 2.26. The van der Waals surface area contributed by atoms with Gasteiger partial charge in [0.15, 0.2) is 15.6 Å². The molecule has 2 aromatic rings. The lowest BCUT2D eigenvalue weighted by Crippen LogP contribution is -2.44. The minimum atomic E-state index is -3.51. The quantitative estimate of drug-likeness (QED) is 0.186. The number of urea groups is 1. The number of carbonyl (C=O) groups excluding carboxylic acids is 2. The van der Waals surface area contributed by atoms with Gasteiger partial charge < -0.3 is 10.6 Å². The molecular formula is C37H56N2O4S2. The SMILES string of the molecule is CC(C)(C)SCCCCCCC(=O)[C@@H](CC1CCCCC1)NC(=O)Nc1ccc(CS(=O)(=O)c2ccc(C(C)(C)C)cc2)cc1. The van der Waals surface area contributed by atoms with Crippen LogP contribution in [0.3, 0.4) is 0 Å². The van der Waals surface area contributed by atoms with Crippen molar-refractivity contribution in [2.45, 2.75) is 139 Å². The molecule has 0 spiro atoms. The number of nitrogens with one attached hydrogen (secondary N) is 2. The molecule has 0 saturated heterocycles. The molecule has 3 rings (SSSR count). The van der Waals surface area contributed by atoms with Crippen molar-refractivity contribution >= 4 is 39.1 Å². The predicted molar refractivity (Wildman–Crippen MR) is 190 cm³/mol. The monoisotopic (exact) mass is 656 g/mol. The fourth-order valence-electron chi connectivity index (χ4n) is 5.81. The van der Waals surface area contributed by atoms with Crippen LogP contribution in [0.25, 0.3) is 0 Å². The largest absolute Gasteiger partial charge is 0.328 e. The van der Waals surface area contributed by atoms with Gasteiger partial charge in [-0.3, -0.25) is 4.79 Å². The standard InChI is InChI=1S/C37H56N2O4S2/c1-36(2,3)30-19-23-32(24-20-30)45(42,43)27-29-17-21-31(22-18-29)38-35(41)39-33(26-28-14-10-9-11-15-28)34(40)16-12-7-8-13-25-44-37(4,5)6/h17-24,28,33H,7-16,25-27H2,1-6H3,(H2,38,39,41)/t33-/m1/s1. The molecular weight excluding hydrogens is 601 g/mol. The molecule has 1 aliphatic rings. The van der Waals surface area contributed by atoms with Crippen molar-refractivity contribution in [1.29, 1.82) is 0 Å². The number of rotatable bonds is 15. The number of thioether (sulfide) groups is 1.